The molecule has 0 bridgehead atoms. The van der Waals surface area contributed by atoms with Gasteiger partial charge in [-0.15, -0.1) is 0 Å². The third kappa shape index (κ3) is 29.1. The van der Waals surface area contributed by atoms with Crippen LogP contribution >= 0.6 is 0 Å². The molecule has 1 aliphatic heterocycles. The Kier molecular flexibility index (Phi) is 35.8. The number of hydroxylamine groups is 2. The largest absolute Gasteiger partial charge is 0.393 e. The lowest BCUT2D eigenvalue weighted by Gasteiger charge is -2.43. The highest BCUT2D eigenvalue weighted by atomic mass is 16.7. The molecule has 1 saturated heterocycles. The quantitative estimate of drug-likeness (QED) is 0.104. The molecule has 2 unspecified atom stereocenters. The van der Waals surface area contributed by atoms with Crippen molar-refractivity contribution in [3.63, 3.8) is 0 Å². The molecule has 1 rings (SSSR count). The lowest BCUT2D eigenvalue weighted by atomic mass is 9.95. The van der Waals surface area contributed by atoms with E-state index in [9.17, 15) is 5.11 Å². The number of nitrogens with zero attached hydrogens (tertiary/aromatic N) is 1. The van der Waals surface area contributed by atoms with Crippen LogP contribution in [0.5, 0.6) is 0 Å². The van der Waals surface area contributed by atoms with Gasteiger partial charge in [-0.25, -0.2) is 0 Å². The summed E-state index contributed by atoms with van der Waals surface area (Å²) in [7, 11) is 0. The maximum absolute atomic E-state index is 9.89. The monoisotopic (exact) mass is 558 g/mol. The second-order valence-electron chi connectivity index (χ2n) is 11.8. The number of aliphatic hydroxyl groups excluding tert-OH is 2. The van der Waals surface area contributed by atoms with Crippen LogP contribution in [0.25, 0.3) is 0 Å². The van der Waals surface area contributed by atoms with E-state index in [1.54, 1.807) is 5.06 Å². The van der Waals surface area contributed by atoms with Crippen molar-refractivity contribution >= 4 is 0 Å². The fraction of sp³-hybridized carbons (Fsp3) is 1.00. The lowest BCUT2D eigenvalue weighted by Crippen LogP contribution is -2.55. The fourth-order valence-electron chi connectivity index (χ4n) is 5.15. The number of aliphatic hydroxyl groups is 2. The molecule has 0 saturated carbocycles. The molecule has 238 valence electrons. The van der Waals surface area contributed by atoms with E-state index < -0.39 is 0 Å². The molecule has 0 amide bonds. The van der Waals surface area contributed by atoms with E-state index in [0.29, 0.717) is 5.92 Å². The highest BCUT2D eigenvalue weighted by Crippen LogP contribution is 2.27. The number of unbranched alkanes of at least 4 members (excludes halogenated alkanes) is 19. The average Bonchev–Trinajstić information content (AvgIpc) is 2.94. The molecule has 1 heterocycles. The van der Waals surface area contributed by atoms with Crippen LogP contribution in [-0.2, 0) is 4.84 Å². The highest BCUT2D eigenvalue weighted by molar-refractivity contribution is 4.78. The van der Waals surface area contributed by atoms with Gasteiger partial charge in [0.2, 0.25) is 0 Å². The van der Waals surface area contributed by atoms with Crippen LogP contribution in [0.15, 0.2) is 0 Å². The van der Waals surface area contributed by atoms with Gasteiger partial charge in [-0.1, -0.05) is 169 Å². The van der Waals surface area contributed by atoms with Crippen LogP contribution in [-0.4, -0.2) is 40.8 Å². The minimum atomic E-state index is -0.354. The molecule has 1 fully saturated rings. The van der Waals surface area contributed by atoms with E-state index in [0.717, 1.165) is 38.8 Å². The zero-order valence-electron chi connectivity index (χ0n) is 27.9. The van der Waals surface area contributed by atoms with Crippen molar-refractivity contribution in [2.24, 2.45) is 5.92 Å². The van der Waals surface area contributed by atoms with Crippen LogP contribution in [0, 0.1) is 5.92 Å². The zero-order valence-corrected chi connectivity index (χ0v) is 27.9. The highest BCUT2D eigenvalue weighted by Gasteiger charge is 2.37. The maximum Gasteiger partial charge on any atom is 0.134 e. The molecule has 39 heavy (non-hydrogen) atoms. The summed E-state index contributed by atoms with van der Waals surface area (Å²) in [4.78, 5) is 5.64. The Morgan fingerprint density at radius 2 is 1.00 bits per heavy atom. The molecule has 0 radical (unpaired) electrons. The molecule has 0 aromatic rings. The van der Waals surface area contributed by atoms with Crippen LogP contribution in [0.3, 0.4) is 0 Å². The normalized spacial score (nSPS) is 17.5. The minimum absolute atomic E-state index is 0.0976. The molecular formula is C35H75NO3. The summed E-state index contributed by atoms with van der Waals surface area (Å²) < 4.78 is 0. The first-order chi connectivity index (χ1) is 19.1. The summed E-state index contributed by atoms with van der Waals surface area (Å²) in [5.74, 6) is 0.432. The predicted molar refractivity (Wildman–Crippen MR) is 173 cm³/mol. The first-order valence-corrected chi connectivity index (χ1v) is 17.8. The molecular weight excluding hydrogens is 482 g/mol. The van der Waals surface area contributed by atoms with Crippen molar-refractivity contribution in [1.82, 2.24) is 5.06 Å². The minimum Gasteiger partial charge on any atom is -0.393 e. The van der Waals surface area contributed by atoms with Gasteiger partial charge in [0.1, 0.15) is 6.23 Å². The van der Waals surface area contributed by atoms with Gasteiger partial charge in [0.15, 0.2) is 0 Å². The SMILES string of the molecule is CC.CCCCCCCCCCCC(C)O.CCCCCCCCCCCCCCON1C[C@H](CCC)C1O. The Bertz CT molecular complexity index is 432. The van der Waals surface area contributed by atoms with E-state index in [-0.39, 0.29) is 12.3 Å². The van der Waals surface area contributed by atoms with E-state index >= 15 is 0 Å². The van der Waals surface area contributed by atoms with Crippen molar-refractivity contribution in [3.8, 4) is 0 Å². The van der Waals surface area contributed by atoms with Crippen LogP contribution in [0.4, 0.5) is 0 Å². The van der Waals surface area contributed by atoms with Crippen molar-refractivity contribution < 1.29 is 15.1 Å². The summed E-state index contributed by atoms with van der Waals surface area (Å²) in [5.41, 5.74) is 0. The molecule has 4 heteroatoms. The van der Waals surface area contributed by atoms with Crippen LogP contribution in [0.1, 0.15) is 196 Å². The van der Waals surface area contributed by atoms with Gasteiger partial charge in [-0.3, -0.25) is 4.84 Å². The maximum atomic E-state index is 9.89. The Morgan fingerprint density at radius 1 is 0.615 bits per heavy atom. The third-order valence-electron chi connectivity index (χ3n) is 7.77. The van der Waals surface area contributed by atoms with Gasteiger partial charge >= 0.3 is 0 Å². The predicted octanol–water partition coefficient (Wildman–Crippen LogP) is 11.0. The molecule has 1 aliphatic rings. The smallest absolute Gasteiger partial charge is 0.134 e. The van der Waals surface area contributed by atoms with Gasteiger partial charge in [0.25, 0.3) is 0 Å². The summed E-state index contributed by atoms with van der Waals surface area (Å²) >= 11 is 0. The molecule has 0 spiro atoms. The van der Waals surface area contributed by atoms with Gasteiger partial charge in [0.05, 0.1) is 12.7 Å². The molecule has 0 aromatic carbocycles. The first-order valence-electron chi connectivity index (χ1n) is 17.8. The second kappa shape index (κ2) is 34.0. The standard InChI is InChI=1S/C20H41NO2.C13H28O.C2H6/c1-3-5-6-7-8-9-10-11-12-13-14-15-17-23-21-18-19(16-4-2)20(21)22;1-3-4-5-6-7-8-9-10-11-12-13(2)14;1-2/h19-20,22H,3-18H2,1-2H3;13-14H,3-12H2,1-2H3;1-2H3/t19-,20?;;/m0../s1. The van der Waals surface area contributed by atoms with Gasteiger partial charge in [-0.05, 0) is 26.2 Å². The number of rotatable bonds is 26. The second-order valence-corrected chi connectivity index (χ2v) is 11.8. The number of hydrogen-bond donors (Lipinski definition) is 2. The first kappa shape index (κ1) is 41.0. The molecule has 2 N–H and O–H groups in total. The lowest BCUT2D eigenvalue weighted by molar-refractivity contribution is -0.317. The Morgan fingerprint density at radius 3 is 1.36 bits per heavy atom. The summed E-state index contributed by atoms with van der Waals surface area (Å²) in [5, 5.41) is 20.7. The van der Waals surface area contributed by atoms with Crippen molar-refractivity contribution in [1.29, 1.82) is 0 Å². The van der Waals surface area contributed by atoms with E-state index in [2.05, 4.69) is 20.8 Å². The van der Waals surface area contributed by atoms with E-state index in [1.165, 1.54) is 128 Å². The Balaban J connectivity index is 0. The Hall–Kier alpha value is -0.160. The average molecular weight is 558 g/mol. The fourth-order valence-corrected chi connectivity index (χ4v) is 5.15. The topological polar surface area (TPSA) is 52.9 Å². The van der Waals surface area contributed by atoms with E-state index in [4.69, 9.17) is 9.94 Å². The summed E-state index contributed by atoms with van der Waals surface area (Å²) in [6.07, 6.45) is 31.5. The third-order valence-corrected chi connectivity index (χ3v) is 7.77. The van der Waals surface area contributed by atoms with Gasteiger partial charge < -0.3 is 10.2 Å². The van der Waals surface area contributed by atoms with Gasteiger partial charge in [0, 0.05) is 12.5 Å². The molecule has 0 aliphatic carbocycles. The van der Waals surface area contributed by atoms with Crippen LogP contribution < -0.4 is 0 Å². The number of hydrogen-bond acceptors (Lipinski definition) is 4. The summed E-state index contributed by atoms with van der Waals surface area (Å²) in [6, 6.07) is 0. The molecule has 3 atom stereocenters. The van der Waals surface area contributed by atoms with E-state index in [1.807, 2.05) is 20.8 Å². The summed E-state index contributed by atoms with van der Waals surface area (Å²) in [6.45, 7) is 14.3. The van der Waals surface area contributed by atoms with Crippen molar-refractivity contribution in [3.05, 3.63) is 0 Å². The zero-order chi connectivity index (χ0) is 29.4. The van der Waals surface area contributed by atoms with Crippen LogP contribution in [0.2, 0.25) is 0 Å². The van der Waals surface area contributed by atoms with Crippen molar-refractivity contribution in [2.75, 3.05) is 13.2 Å². The molecule has 0 aromatic heterocycles. The van der Waals surface area contributed by atoms with Gasteiger partial charge in [-0.2, -0.15) is 5.06 Å². The Labute approximate surface area is 247 Å². The molecule has 4 nitrogen and oxygen atoms in total. The van der Waals surface area contributed by atoms with Crippen molar-refractivity contribution in [2.45, 2.75) is 208 Å².